The molecular weight excluding hydrogens is 453 g/mol. The van der Waals surface area contributed by atoms with Gasteiger partial charge in [0, 0.05) is 40.6 Å². The van der Waals surface area contributed by atoms with Crippen LogP contribution >= 0.6 is 11.6 Å². The van der Waals surface area contributed by atoms with Crippen LogP contribution in [-0.4, -0.2) is 31.3 Å². The molecule has 2 atom stereocenters. The van der Waals surface area contributed by atoms with E-state index >= 15 is 0 Å². The zero-order valence-corrected chi connectivity index (χ0v) is 19.9. The van der Waals surface area contributed by atoms with E-state index < -0.39 is 5.82 Å². The van der Waals surface area contributed by atoms with Crippen LogP contribution in [0.1, 0.15) is 66.4 Å². The maximum Gasteiger partial charge on any atom is 0.134 e. The molecule has 0 bridgehead atoms. The molecule has 4 aromatic rings. The Morgan fingerprint density at radius 1 is 1.06 bits per heavy atom. The van der Waals surface area contributed by atoms with E-state index in [9.17, 15) is 4.39 Å². The Labute approximate surface area is 202 Å². The van der Waals surface area contributed by atoms with Gasteiger partial charge in [-0.3, -0.25) is 4.68 Å². The van der Waals surface area contributed by atoms with E-state index in [4.69, 9.17) is 31.3 Å². The second-order valence-electron chi connectivity index (χ2n) is 9.35. The molecular formula is C26H25ClFN5O. The quantitative estimate of drug-likeness (QED) is 0.346. The van der Waals surface area contributed by atoms with Crippen molar-refractivity contribution in [3.8, 4) is 11.3 Å². The molecule has 1 aliphatic heterocycles. The van der Waals surface area contributed by atoms with Crippen molar-refractivity contribution in [1.82, 2.24) is 24.7 Å². The van der Waals surface area contributed by atoms with E-state index in [1.54, 1.807) is 12.1 Å². The first-order valence-electron chi connectivity index (χ1n) is 11.7. The van der Waals surface area contributed by atoms with Crippen LogP contribution in [-0.2, 0) is 4.74 Å². The fraction of sp³-hybridized carbons (Fsp3) is 0.385. The summed E-state index contributed by atoms with van der Waals surface area (Å²) in [7, 11) is 0. The molecule has 3 aromatic heterocycles. The van der Waals surface area contributed by atoms with Gasteiger partial charge < -0.3 is 4.74 Å². The normalized spacial score (nSPS) is 20.7. The molecule has 6 nitrogen and oxygen atoms in total. The number of rotatable bonds is 4. The molecule has 6 rings (SSSR count). The average molecular weight is 478 g/mol. The third-order valence-electron chi connectivity index (χ3n) is 6.89. The maximum atomic E-state index is 15.0. The summed E-state index contributed by atoms with van der Waals surface area (Å²) in [6.45, 7) is 4.47. The Balaban J connectivity index is 1.41. The van der Waals surface area contributed by atoms with Crippen molar-refractivity contribution in [3.63, 3.8) is 0 Å². The van der Waals surface area contributed by atoms with Crippen molar-refractivity contribution in [3.05, 3.63) is 70.1 Å². The van der Waals surface area contributed by atoms with Gasteiger partial charge in [-0.15, -0.1) is 0 Å². The van der Waals surface area contributed by atoms with Crippen LogP contribution in [0.4, 0.5) is 4.39 Å². The van der Waals surface area contributed by atoms with Gasteiger partial charge in [-0.25, -0.2) is 19.3 Å². The Bertz CT molecular complexity index is 1400. The minimum absolute atomic E-state index is 0.0368. The molecule has 1 aromatic carbocycles. The predicted molar refractivity (Wildman–Crippen MR) is 128 cm³/mol. The first kappa shape index (κ1) is 21.6. The van der Waals surface area contributed by atoms with Gasteiger partial charge in [0.25, 0.3) is 0 Å². The van der Waals surface area contributed by atoms with Crippen LogP contribution in [0, 0.1) is 19.7 Å². The molecule has 0 unspecified atom stereocenters. The highest BCUT2D eigenvalue weighted by Gasteiger charge is 2.30. The molecule has 0 amide bonds. The van der Waals surface area contributed by atoms with Crippen LogP contribution in [0.25, 0.3) is 22.3 Å². The predicted octanol–water partition coefficient (Wildman–Crippen LogP) is 6.27. The van der Waals surface area contributed by atoms with Gasteiger partial charge in [-0.1, -0.05) is 11.6 Å². The average Bonchev–Trinajstić information content (AvgIpc) is 3.56. The number of aromatic nitrogens is 5. The summed E-state index contributed by atoms with van der Waals surface area (Å²) in [6, 6.07) is 7.20. The summed E-state index contributed by atoms with van der Waals surface area (Å²) in [5.74, 6) is -0.263. The molecule has 0 radical (unpaired) electrons. The van der Waals surface area contributed by atoms with E-state index in [1.807, 2.05) is 26.1 Å². The summed E-state index contributed by atoms with van der Waals surface area (Å²) >= 11 is 6.01. The van der Waals surface area contributed by atoms with Crippen molar-refractivity contribution in [2.45, 2.75) is 57.6 Å². The molecule has 0 spiro atoms. The lowest BCUT2D eigenvalue weighted by atomic mass is 9.89. The second-order valence-corrected chi connectivity index (χ2v) is 9.78. The third-order valence-corrected chi connectivity index (χ3v) is 7.12. The van der Waals surface area contributed by atoms with Crippen molar-refractivity contribution < 1.29 is 9.13 Å². The van der Waals surface area contributed by atoms with E-state index in [-0.39, 0.29) is 12.0 Å². The lowest BCUT2D eigenvalue weighted by Gasteiger charge is -2.29. The summed E-state index contributed by atoms with van der Waals surface area (Å²) in [6.07, 6.45) is 8.02. The van der Waals surface area contributed by atoms with Gasteiger partial charge in [0.2, 0.25) is 0 Å². The van der Waals surface area contributed by atoms with Crippen molar-refractivity contribution in [2.24, 2.45) is 0 Å². The number of ether oxygens (including phenoxy) is 1. The first-order chi connectivity index (χ1) is 16.5. The van der Waals surface area contributed by atoms with E-state index in [1.165, 1.54) is 18.9 Å². The van der Waals surface area contributed by atoms with Crippen LogP contribution < -0.4 is 0 Å². The van der Waals surface area contributed by atoms with Crippen molar-refractivity contribution >= 4 is 22.6 Å². The minimum atomic E-state index is -0.421. The molecule has 2 fully saturated rings. The lowest BCUT2D eigenvalue weighted by molar-refractivity contribution is 0.00462. The number of fused-ring (bicyclic) bond motifs is 1. The van der Waals surface area contributed by atoms with E-state index in [2.05, 4.69) is 16.0 Å². The maximum absolute atomic E-state index is 15.0. The Morgan fingerprint density at radius 3 is 2.68 bits per heavy atom. The Kier molecular flexibility index (Phi) is 5.34. The van der Waals surface area contributed by atoms with Crippen LogP contribution in [0.2, 0.25) is 5.02 Å². The molecule has 8 heteroatoms. The molecule has 1 saturated carbocycles. The highest BCUT2D eigenvalue weighted by Crippen LogP contribution is 2.40. The molecule has 1 saturated heterocycles. The van der Waals surface area contributed by atoms with Gasteiger partial charge >= 0.3 is 0 Å². The van der Waals surface area contributed by atoms with Crippen LogP contribution in [0.15, 0.2) is 36.7 Å². The highest BCUT2D eigenvalue weighted by molar-refractivity contribution is 6.30. The van der Waals surface area contributed by atoms with Crippen LogP contribution in [0.3, 0.4) is 0 Å². The molecule has 2 aliphatic rings. The molecule has 0 N–H and O–H groups in total. The summed E-state index contributed by atoms with van der Waals surface area (Å²) < 4.78 is 23.1. The molecule has 34 heavy (non-hydrogen) atoms. The largest absolute Gasteiger partial charge is 0.373 e. The number of benzene rings is 1. The smallest absolute Gasteiger partial charge is 0.134 e. The fourth-order valence-electron chi connectivity index (χ4n) is 4.68. The first-order valence-corrected chi connectivity index (χ1v) is 12.1. The zero-order valence-electron chi connectivity index (χ0n) is 19.1. The summed E-state index contributed by atoms with van der Waals surface area (Å²) in [5, 5.41) is 4.88. The number of nitrogens with zero attached hydrogens (tertiary/aromatic N) is 5. The topological polar surface area (TPSA) is 65.7 Å². The summed E-state index contributed by atoms with van der Waals surface area (Å²) in [4.78, 5) is 14.5. The number of hydrogen-bond acceptors (Lipinski definition) is 5. The van der Waals surface area contributed by atoms with Gasteiger partial charge in [0.05, 0.1) is 35.2 Å². The van der Waals surface area contributed by atoms with Gasteiger partial charge in [-0.2, -0.15) is 5.10 Å². The molecule has 174 valence electrons. The monoisotopic (exact) mass is 477 g/mol. The Hall–Kier alpha value is -2.90. The zero-order chi connectivity index (χ0) is 23.4. The molecule has 4 heterocycles. The van der Waals surface area contributed by atoms with E-state index in [0.29, 0.717) is 34.4 Å². The van der Waals surface area contributed by atoms with Gasteiger partial charge in [0.15, 0.2) is 0 Å². The second kappa shape index (κ2) is 8.40. The number of hydrogen-bond donors (Lipinski definition) is 0. The van der Waals surface area contributed by atoms with Gasteiger partial charge in [-0.05, 0) is 63.8 Å². The fourth-order valence-corrected chi connectivity index (χ4v) is 4.84. The van der Waals surface area contributed by atoms with Crippen molar-refractivity contribution in [1.29, 1.82) is 0 Å². The number of halogens is 2. The minimum Gasteiger partial charge on any atom is -0.373 e. The number of pyridine rings is 1. The molecule has 1 aliphatic carbocycles. The van der Waals surface area contributed by atoms with E-state index in [0.717, 1.165) is 41.0 Å². The third kappa shape index (κ3) is 3.97. The lowest BCUT2D eigenvalue weighted by Crippen LogP contribution is -2.19. The summed E-state index contributed by atoms with van der Waals surface area (Å²) in [5.41, 5.74) is 5.85. The van der Waals surface area contributed by atoms with Gasteiger partial charge in [0.1, 0.15) is 17.0 Å². The Morgan fingerprint density at radius 2 is 1.88 bits per heavy atom. The standard InChI is InChI=1S/C26H25ClFN5O/c1-14-15(2)31-26-23(30-14)11-22(32-25(26)20-6-3-18(27)10-21(20)28)16-7-8-34-24(9-16)17-12-29-33(13-17)19-4-5-19/h3,6,10-13,16,19,24H,4-5,7-9H2,1-2H3/t16-,24-/m0/s1. The van der Waals surface area contributed by atoms with Crippen LogP contribution in [0.5, 0.6) is 0 Å². The number of aryl methyl sites for hydroxylation is 2. The van der Waals surface area contributed by atoms with Crippen molar-refractivity contribution in [2.75, 3.05) is 6.61 Å². The SMILES string of the molecule is Cc1nc2cc([C@H]3CCO[C@H](c4cnn(C5CC5)c4)C3)nc(-c3ccc(Cl)cc3F)c2nc1C. The highest BCUT2D eigenvalue weighted by atomic mass is 35.5.